The molecule has 8 nitrogen and oxygen atoms in total. The Kier molecular flexibility index (Phi) is 2.09. The van der Waals surface area contributed by atoms with Gasteiger partial charge in [-0.15, -0.1) is 0 Å². The van der Waals surface area contributed by atoms with E-state index in [4.69, 9.17) is 5.11 Å². The molecular weight excluding hydrogens is 254 g/mol. The fourth-order valence-corrected chi connectivity index (χ4v) is 2.07. The summed E-state index contributed by atoms with van der Waals surface area (Å²) in [6.07, 6.45) is -1.53. The van der Waals surface area contributed by atoms with Gasteiger partial charge >= 0.3 is 23.0 Å². The summed E-state index contributed by atoms with van der Waals surface area (Å²) in [5.74, 6) is -1.42. The molecule has 8 heteroatoms. The lowest BCUT2D eigenvalue weighted by atomic mass is 10.3. The number of nitrogens with zero attached hydrogens (tertiary/aromatic N) is 3. The first-order chi connectivity index (χ1) is 9.04. The summed E-state index contributed by atoms with van der Waals surface area (Å²) < 4.78 is 1.84. The quantitative estimate of drug-likeness (QED) is 0.716. The Balaban J connectivity index is 2.37. The molecule has 0 spiro atoms. The number of hydrogen-bond acceptors (Lipinski definition) is 4. The van der Waals surface area contributed by atoms with Gasteiger partial charge in [-0.1, -0.05) is 18.2 Å². The second-order valence-electron chi connectivity index (χ2n) is 3.97. The van der Waals surface area contributed by atoms with Gasteiger partial charge in [-0.05, 0) is 12.1 Å². The Morgan fingerprint density at radius 1 is 0.947 bits per heavy atom. The molecule has 0 fully saturated rings. The molecule has 4 rings (SSSR count). The summed E-state index contributed by atoms with van der Waals surface area (Å²) >= 11 is 0. The number of carbonyl (C=O) groups is 1. The Morgan fingerprint density at radius 3 is 1.95 bits per heavy atom. The SMILES string of the molecule is O=C(O)C1n2c(=O)n(-c3ccccc3)c(=O)n1c2=O. The second-order valence-corrected chi connectivity index (χ2v) is 3.97. The molecule has 0 aliphatic carbocycles. The van der Waals surface area contributed by atoms with E-state index < -0.39 is 29.2 Å². The van der Waals surface area contributed by atoms with Gasteiger partial charge in [-0.25, -0.2) is 32.9 Å². The molecule has 2 aliphatic heterocycles. The van der Waals surface area contributed by atoms with E-state index in [9.17, 15) is 19.2 Å². The van der Waals surface area contributed by atoms with Crippen LogP contribution in [0, 0.1) is 0 Å². The lowest BCUT2D eigenvalue weighted by Crippen LogP contribution is -2.68. The van der Waals surface area contributed by atoms with Crippen LogP contribution in [0.5, 0.6) is 0 Å². The summed E-state index contributed by atoms with van der Waals surface area (Å²) in [7, 11) is 0. The topological polar surface area (TPSA) is 103 Å². The van der Waals surface area contributed by atoms with Gasteiger partial charge < -0.3 is 5.11 Å². The molecule has 0 atom stereocenters. The molecule has 19 heavy (non-hydrogen) atoms. The van der Waals surface area contributed by atoms with Crippen LogP contribution in [0.25, 0.3) is 5.69 Å². The van der Waals surface area contributed by atoms with Gasteiger partial charge in [0.25, 0.3) is 0 Å². The molecule has 0 saturated heterocycles. The van der Waals surface area contributed by atoms with Crippen molar-refractivity contribution < 1.29 is 9.90 Å². The van der Waals surface area contributed by atoms with E-state index in [0.717, 1.165) is 4.57 Å². The van der Waals surface area contributed by atoms with Gasteiger partial charge in [0.2, 0.25) is 6.17 Å². The molecule has 0 radical (unpaired) electrons. The van der Waals surface area contributed by atoms with Crippen LogP contribution in [0.4, 0.5) is 0 Å². The summed E-state index contributed by atoms with van der Waals surface area (Å²) in [4.78, 5) is 46.4. The van der Waals surface area contributed by atoms with Crippen LogP contribution < -0.4 is 17.1 Å². The van der Waals surface area contributed by atoms with Gasteiger partial charge in [-0.3, -0.25) is 0 Å². The van der Waals surface area contributed by atoms with Crippen molar-refractivity contribution in [3.05, 3.63) is 61.8 Å². The Bertz CT molecular complexity index is 816. The van der Waals surface area contributed by atoms with Gasteiger partial charge in [-0.2, -0.15) is 0 Å². The molecule has 0 unspecified atom stereocenters. The first kappa shape index (κ1) is 11.2. The normalized spacial score (nSPS) is 13.1. The zero-order valence-corrected chi connectivity index (χ0v) is 9.39. The van der Waals surface area contributed by atoms with Gasteiger partial charge in [0, 0.05) is 0 Å². The van der Waals surface area contributed by atoms with Crippen LogP contribution in [-0.2, 0) is 4.79 Å². The minimum absolute atomic E-state index is 0.281. The number of hydrogen-bond donors (Lipinski definition) is 1. The monoisotopic (exact) mass is 261 g/mol. The molecule has 2 aromatic rings. The number of aliphatic carboxylic acids is 1. The maximum absolute atomic E-state index is 12.0. The Hall–Kier alpha value is -2.90. The number of fused-ring (bicyclic) bond motifs is 2. The van der Waals surface area contributed by atoms with E-state index in [1.807, 2.05) is 0 Å². The van der Waals surface area contributed by atoms with Crippen LogP contribution in [0.15, 0.2) is 44.7 Å². The van der Waals surface area contributed by atoms with E-state index >= 15 is 0 Å². The van der Waals surface area contributed by atoms with Crippen molar-refractivity contribution in [2.45, 2.75) is 6.17 Å². The third kappa shape index (κ3) is 1.27. The first-order valence-electron chi connectivity index (χ1n) is 5.32. The van der Waals surface area contributed by atoms with Crippen molar-refractivity contribution in [1.29, 1.82) is 0 Å². The van der Waals surface area contributed by atoms with Gasteiger partial charge in [0.1, 0.15) is 0 Å². The molecule has 2 bridgehead atoms. The molecule has 0 amide bonds. The molecule has 1 aromatic heterocycles. The summed E-state index contributed by atoms with van der Waals surface area (Å²) in [6.45, 7) is 0. The number of carboxylic acid groups (broad SMARTS) is 1. The molecule has 0 saturated carbocycles. The van der Waals surface area contributed by atoms with E-state index in [1.54, 1.807) is 18.2 Å². The molecule has 3 heterocycles. The van der Waals surface area contributed by atoms with Crippen molar-refractivity contribution >= 4 is 5.97 Å². The van der Waals surface area contributed by atoms with Crippen LogP contribution in [0.1, 0.15) is 6.17 Å². The van der Waals surface area contributed by atoms with Crippen molar-refractivity contribution in [2.24, 2.45) is 0 Å². The lowest BCUT2D eigenvalue weighted by Gasteiger charge is -2.27. The van der Waals surface area contributed by atoms with Crippen LogP contribution >= 0.6 is 0 Å². The highest BCUT2D eigenvalue weighted by Gasteiger charge is 2.40. The average molecular weight is 261 g/mol. The highest BCUT2D eigenvalue weighted by Crippen LogP contribution is 2.09. The van der Waals surface area contributed by atoms with E-state index in [1.165, 1.54) is 12.1 Å². The van der Waals surface area contributed by atoms with E-state index in [0.29, 0.717) is 9.13 Å². The van der Waals surface area contributed by atoms with Crippen molar-refractivity contribution in [1.82, 2.24) is 13.7 Å². The van der Waals surface area contributed by atoms with Gasteiger partial charge in [0.15, 0.2) is 0 Å². The van der Waals surface area contributed by atoms with E-state index in [2.05, 4.69) is 0 Å². The molecule has 1 N–H and O–H groups in total. The second kappa shape index (κ2) is 3.55. The minimum atomic E-state index is -1.53. The first-order valence-corrected chi connectivity index (χ1v) is 5.32. The number of carboxylic acids is 1. The molecular formula is C11H7N3O5. The lowest BCUT2D eigenvalue weighted by molar-refractivity contribution is -0.144. The highest BCUT2D eigenvalue weighted by atomic mass is 16.4. The number of rotatable bonds is 2. The zero-order chi connectivity index (χ0) is 13.7. The standard InChI is InChI=1S/C11H7N3O5/c15-8(16)7-13-9(17)12(6-4-2-1-3-5-6)10(18)14(7)11(13)19/h1-5,7H,(H,15,16). The largest absolute Gasteiger partial charge is 0.478 e. The summed E-state index contributed by atoms with van der Waals surface area (Å²) in [5, 5.41) is 8.89. The van der Waals surface area contributed by atoms with Crippen LogP contribution in [-0.4, -0.2) is 24.8 Å². The zero-order valence-electron chi connectivity index (χ0n) is 9.39. The third-order valence-electron chi connectivity index (χ3n) is 2.93. The molecule has 2 aliphatic rings. The van der Waals surface area contributed by atoms with Crippen molar-refractivity contribution in [3.8, 4) is 5.69 Å². The number of para-hydroxylation sites is 1. The number of benzene rings is 1. The van der Waals surface area contributed by atoms with E-state index in [-0.39, 0.29) is 5.69 Å². The molecule has 1 aromatic carbocycles. The Morgan fingerprint density at radius 2 is 1.47 bits per heavy atom. The van der Waals surface area contributed by atoms with Gasteiger partial charge in [0.05, 0.1) is 5.69 Å². The highest BCUT2D eigenvalue weighted by molar-refractivity contribution is 5.72. The predicted molar refractivity (Wildman–Crippen MR) is 62.6 cm³/mol. The van der Waals surface area contributed by atoms with Crippen LogP contribution in [0.2, 0.25) is 0 Å². The summed E-state index contributed by atoms with van der Waals surface area (Å²) in [5.41, 5.74) is -2.52. The maximum atomic E-state index is 12.0. The van der Waals surface area contributed by atoms with Crippen LogP contribution in [0.3, 0.4) is 0 Å². The average Bonchev–Trinajstić information content (AvgIpc) is 2.36. The van der Waals surface area contributed by atoms with Crippen molar-refractivity contribution in [3.63, 3.8) is 0 Å². The third-order valence-corrected chi connectivity index (χ3v) is 2.93. The smallest absolute Gasteiger partial charge is 0.348 e. The van der Waals surface area contributed by atoms with Crippen molar-refractivity contribution in [2.75, 3.05) is 0 Å². The predicted octanol–water partition coefficient (Wildman–Crippen LogP) is -1.39. The summed E-state index contributed by atoms with van der Waals surface area (Å²) in [6, 6.07) is 7.98. The minimum Gasteiger partial charge on any atom is -0.478 e. The molecule has 96 valence electrons. The Labute approximate surface area is 104 Å². The fraction of sp³-hybridized carbons (Fsp3) is 0.0909. The fourth-order valence-electron chi connectivity index (χ4n) is 2.07. The maximum Gasteiger partial charge on any atom is 0.348 e. The number of aromatic nitrogens is 3.